The van der Waals surface area contributed by atoms with Gasteiger partial charge in [0, 0.05) is 44.9 Å². The molecule has 11 heteroatoms. The standard InChI is InChI=1S/C20H28N4O6S/c25-20(21-13-15-3-4-15)16-2-1-7-22(14-16)18-6-5-17(24(26)27)12-19(18)31(28,29)23-8-10-30-11-9-23/h5-6,12,15-16H,1-4,7-11,13-14H2,(H,21,25). The number of hydrogen-bond donors (Lipinski definition) is 1. The number of carbonyl (C=O) groups is 1. The summed E-state index contributed by atoms with van der Waals surface area (Å²) in [6, 6.07) is 3.96. The number of nitrogens with zero attached hydrogens (tertiary/aromatic N) is 3. The summed E-state index contributed by atoms with van der Waals surface area (Å²) < 4.78 is 33.3. The molecule has 2 saturated heterocycles. The quantitative estimate of drug-likeness (QED) is 0.489. The molecule has 0 bridgehead atoms. The van der Waals surface area contributed by atoms with Crippen molar-refractivity contribution in [3.8, 4) is 0 Å². The second-order valence-corrected chi connectivity index (χ2v) is 10.3. The van der Waals surface area contributed by atoms with Crippen molar-refractivity contribution in [1.82, 2.24) is 9.62 Å². The van der Waals surface area contributed by atoms with Crippen molar-refractivity contribution in [3.05, 3.63) is 28.3 Å². The number of nitro groups is 1. The fourth-order valence-electron chi connectivity index (χ4n) is 4.13. The Morgan fingerprint density at radius 3 is 2.61 bits per heavy atom. The Kier molecular flexibility index (Phi) is 6.44. The van der Waals surface area contributed by atoms with E-state index in [4.69, 9.17) is 4.74 Å². The van der Waals surface area contributed by atoms with Crippen LogP contribution in [0.2, 0.25) is 0 Å². The molecule has 170 valence electrons. The number of morpholine rings is 1. The summed E-state index contributed by atoms with van der Waals surface area (Å²) in [6.45, 7) is 2.67. The van der Waals surface area contributed by atoms with Crippen LogP contribution in [0.1, 0.15) is 25.7 Å². The zero-order valence-corrected chi connectivity index (χ0v) is 18.2. The van der Waals surface area contributed by atoms with Gasteiger partial charge in [-0.15, -0.1) is 0 Å². The number of benzene rings is 1. The van der Waals surface area contributed by atoms with Crippen molar-refractivity contribution >= 4 is 27.3 Å². The van der Waals surface area contributed by atoms with E-state index in [1.54, 1.807) is 0 Å². The summed E-state index contributed by atoms with van der Waals surface area (Å²) in [5, 5.41) is 14.3. The average molecular weight is 453 g/mol. The Hall–Kier alpha value is -2.24. The molecule has 1 unspecified atom stereocenters. The van der Waals surface area contributed by atoms with Crippen molar-refractivity contribution in [3.63, 3.8) is 0 Å². The largest absolute Gasteiger partial charge is 0.379 e. The monoisotopic (exact) mass is 452 g/mol. The summed E-state index contributed by atoms with van der Waals surface area (Å²) in [6.07, 6.45) is 3.80. The minimum Gasteiger partial charge on any atom is -0.379 e. The van der Waals surface area contributed by atoms with Crippen LogP contribution in [0.3, 0.4) is 0 Å². The third-order valence-corrected chi connectivity index (χ3v) is 8.06. The molecule has 2 aliphatic heterocycles. The highest BCUT2D eigenvalue weighted by Crippen LogP contribution is 2.34. The molecule has 1 aliphatic carbocycles. The molecule has 1 amide bonds. The van der Waals surface area contributed by atoms with E-state index in [0.29, 0.717) is 31.2 Å². The fraction of sp³-hybridized carbons (Fsp3) is 0.650. The molecular weight excluding hydrogens is 424 g/mol. The van der Waals surface area contributed by atoms with E-state index in [1.165, 1.54) is 16.4 Å². The Labute approximate surface area is 181 Å². The Balaban J connectivity index is 1.60. The normalized spacial score (nSPS) is 22.8. The summed E-state index contributed by atoms with van der Waals surface area (Å²) in [7, 11) is -3.94. The highest BCUT2D eigenvalue weighted by atomic mass is 32.2. The molecule has 3 fully saturated rings. The van der Waals surface area contributed by atoms with Gasteiger partial charge in [0.1, 0.15) is 4.90 Å². The van der Waals surface area contributed by atoms with Gasteiger partial charge >= 0.3 is 0 Å². The zero-order chi connectivity index (χ0) is 22.0. The van der Waals surface area contributed by atoms with Crippen LogP contribution in [0, 0.1) is 22.0 Å². The van der Waals surface area contributed by atoms with Crippen LogP contribution in [-0.4, -0.2) is 69.5 Å². The van der Waals surface area contributed by atoms with Gasteiger partial charge in [-0.05, 0) is 37.7 Å². The number of non-ortho nitro benzene ring substituents is 1. The number of amides is 1. The third-order valence-electron chi connectivity index (χ3n) is 6.14. The molecule has 1 aromatic carbocycles. The second kappa shape index (κ2) is 9.09. The topological polar surface area (TPSA) is 122 Å². The minimum atomic E-state index is -3.94. The Bertz CT molecular complexity index is 943. The molecule has 0 radical (unpaired) electrons. The number of ether oxygens (including phenoxy) is 1. The number of carbonyl (C=O) groups excluding carboxylic acids is 1. The van der Waals surface area contributed by atoms with E-state index >= 15 is 0 Å². The first-order valence-corrected chi connectivity index (χ1v) is 12.2. The summed E-state index contributed by atoms with van der Waals surface area (Å²) in [5.41, 5.74) is 0.142. The van der Waals surface area contributed by atoms with Crippen LogP contribution >= 0.6 is 0 Å². The number of piperidine rings is 1. The first kappa shape index (κ1) is 22.0. The molecule has 1 aromatic rings. The molecule has 0 aromatic heterocycles. The maximum atomic E-state index is 13.4. The Morgan fingerprint density at radius 1 is 1.19 bits per heavy atom. The molecule has 10 nitrogen and oxygen atoms in total. The van der Waals surface area contributed by atoms with Gasteiger partial charge in [-0.3, -0.25) is 14.9 Å². The SMILES string of the molecule is O=C(NCC1CC1)C1CCCN(c2ccc([N+](=O)[O-])cc2S(=O)(=O)N2CCOCC2)C1. The molecule has 2 heterocycles. The number of rotatable bonds is 7. The van der Waals surface area contributed by atoms with Crippen LogP contribution in [-0.2, 0) is 19.6 Å². The molecule has 3 aliphatic rings. The van der Waals surface area contributed by atoms with Crippen LogP contribution in [0.15, 0.2) is 23.1 Å². The predicted molar refractivity (Wildman–Crippen MR) is 113 cm³/mol. The van der Waals surface area contributed by atoms with E-state index in [1.807, 2.05) is 4.90 Å². The zero-order valence-electron chi connectivity index (χ0n) is 17.4. The van der Waals surface area contributed by atoms with E-state index < -0.39 is 14.9 Å². The fourth-order valence-corrected chi connectivity index (χ4v) is 5.77. The molecule has 0 spiro atoms. The second-order valence-electron chi connectivity index (χ2n) is 8.40. The van der Waals surface area contributed by atoms with Crippen molar-refractivity contribution in [1.29, 1.82) is 0 Å². The van der Waals surface area contributed by atoms with Gasteiger partial charge in [-0.25, -0.2) is 8.42 Å². The van der Waals surface area contributed by atoms with Crippen LogP contribution < -0.4 is 10.2 Å². The smallest absolute Gasteiger partial charge is 0.270 e. The highest BCUT2D eigenvalue weighted by Gasteiger charge is 2.34. The van der Waals surface area contributed by atoms with Crippen LogP contribution in [0.25, 0.3) is 0 Å². The summed E-state index contributed by atoms with van der Waals surface area (Å²) in [4.78, 5) is 25.1. The van der Waals surface area contributed by atoms with Crippen molar-refractivity contribution in [2.45, 2.75) is 30.6 Å². The molecule has 31 heavy (non-hydrogen) atoms. The molecule has 1 atom stereocenters. The lowest BCUT2D eigenvalue weighted by Crippen LogP contribution is -2.45. The van der Waals surface area contributed by atoms with Gasteiger partial charge in [0.25, 0.3) is 5.69 Å². The van der Waals surface area contributed by atoms with E-state index in [2.05, 4.69) is 5.32 Å². The van der Waals surface area contributed by atoms with Gasteiger partial charge in [0.15, 0.2) is 0 Å². The lowest BCUT2D eigenvalue weighted by Gasteiger charge is -2.35. The number of anilines is 1. The number of nitro benzene ring substituents is 1. The van der Waals surface area contributed by atoms with Gasteiger partial charge in [-0.1, -0.05) is 0 Å². The number of sulfonamides is 1. The van der Waals surface area contributed by atoms with Gasteiger partial charge in [0.2, 0.25) is 15.9 Å². The van der Waals surface area contributed by atoms with Gasteiger partial charge in [0.05, 0.1) is 29.7 Å². The lowest BCUT2D eigenvalue weighted by atomic mass is 9.96. The van der Waals surface area contributed by atoms with Gasteiger partial charge < -0.3 is 15.0 Å². The third kappa shape index (κ3) is 4.99. The molecule has 4 rings (SSSR count). The molecular formula is C20H28N4O6S. The Morgan fingerprint density at radius 2 is 1.94 bits per heavy atom. The molecule has 1 N–H and O–H groups in total. The first-order chi connectivity index (χ1) is 14.9. The molecule has 1 saturated carbocycles. The van der Waals surface area contributed by atoms with Crippen molar-refractivity contribution in [2.75, 3.05) is 50.8 Å². The summed E-state index contributed by atoms with van der Waals surface area (Å²) >= 11 is 0. The minimum absolute atomic E-state index is 0.00361. The van der Waals surface area contributed by atoms with E-state index in [9.17, 15) is 23.3 Å². The van der Waals surface area contributed by atoms with Gasteiger partial charge in [-0.2, -0.15) is 4.31 Å². The van der Waals surface area contributed by atoms with Crippen LogP contribution in [0.4, 0.5) is 11.4 Å². The highest BCUT2D eigenvalue weighted by molar-refractivity contribution is 7.89. The number of hydrogen-bond acceptors (Lipinski definition) is 7. The van der Waals surface area contributed by atoms with Crippen LogP contribution in [0.5, 0.6) is 0 Å². The first-order valence-electron chi connectivity index (χ1n) is 10.8. The van der Waals surface area contributed by atoms with E-state index in [0.717, 1.165) is 31.7 Å². The van der Waals surface area contributed by atoms with Crippen molar-refractivity contribution < 1.29 is 22.9 Å². The maximum absolute atomic E-state index is 13.4. The van der Waals surface area contributed by atoms with E-state index in [-0.39, 0.29) is 48.7 Å². The lowest BCUT2D eigenvalue weighted by molar-refractivity contribution is -0.385. The summed E-state index contributed by atoms with van der Waals surface area (Å²) in [5.74, 6) is 0.348. The van der Waals surface area contributed by atoms with Crippen molar-refractivity contribution in [2.24, 2.45) is 11.8 Å². The average Bonchev–Trinajstić information content (AvgIpc) is 3.62. The number of nitrogens with one attached hydrogen (secondary N) is 1. The maximum Gasteiger partial charge on any atom is 0.270 e. The predicted octanol–water partition coefficient (Wildman–Crippen LogP) is 1.36.